The Balaban J connectivity index is 1.94. The molecule has 0 spiro atoms. The molecule has 0 radical (unpaired) electrons. The van der Waals surface area contributed by atoms with Gasteiger partial charge in [0.2, 0.25) is 0 Å². The Morgan fingerprint density at radius 1 is 1.19 bits per heavy atom. The average Bonchev–Trinajstić information content (AvgIpc) is 2.52. The minimum absolute atomic E-state index is 0.163. The van der Waals surface area contributed by atoms with Crippen molar-refractivity contribution >= 4 is 5.97 Å². The third kappa shape index (κ3) is 3.26. The van der Waals surface area contributed by atoms with Crippen LogP contribution in [0.2, 0.25) is 0 Å². The van der Waals surface area contributed by atoms with E-state index in [1.807, 2.05) is 30.3 Å². The smallest absolute Gasteiger partial charge is 0.309 e. The lowest BCUT2D eigenvalue weighted by Crippen LogP contribution is -2.60. The van der Waals surface area contributed by atoms with Crippen molar-refractivity contribution in [3.05, 3.63) is 35.9 Å². The lowest BCUT2D eigenvalue weighted by atomic mass is 9.68. The number of carbonyl (C=O) groups is 1. The van der Waals surface area contributed by atoms with Crippen LogP contribution in [0.1, 0.15) is 12.0 Å². The normalized spacial score (nSPS) is 23.4. The molecule has 1 fully saturated rings. The Morgan fingerprint density at radius 2 is 1.86 bits per heavy atom. The van der Waals surface area contributed by atoms with Gasteiger partial charge in [0.15, 0.2) is 5.79 Å². The summed E-state index contributed by atoms with van der Waals surface area (Å²) in [5, 5.41) is 0. The molecule has 2 atom stereocenters. The summed E-state index contributed by atoms with van der Waals surface area (Å²) in [6, 6.07) is 9.89. The van der Waals surface area contributed by atoms with Crippen molar-refractivity contribution in [2.45, 2.75) is 18.8 Å². The van der Waals surface area contributed by atoms with Gasteiger partial charge in [-0.2, -0.15) is 0 Å². The minimum Gasteiger partial charge on any atom is -0.469 e. The molecule has 116 valence electrons. The van der Waals surface area contributed by atoms with E-state index in [1.54, 1.807) is 14.2 Å². The SMILES string of the molecule is COC(=O)[C@H]1CC(OC)(OC)[C@@H]1COCc1ccccc1. The topological polar surface area (TPSA) is 54.0 Å². The molecular formula is C16H22O5. The van der Waals surface area contributed by atoms with Crippen LogP contribution in [-0.4, -0.2) is 39.7 Å². The molecule has 21 heavy (non-hydrogen) atoms. The van der Waals surface area contributed by atoms with Gasteiger partial charge >= 0.3 is 5.97 Å². The van der Waals surface area contributed by atoms with E-state index in [4.69, 9.17) is 18.9 Å². The minimum atomic E-state index is -0.754. The number of ether oxygens (including phenoxy) is 4. The van der Waals surface area contributed by atoms with E-state index in [9.17, 15) is 4.79 Å². The van der Waals surface area contributed by atoms with Crippen molar-refractivity contribution in [1.82, 2.24) is 0 Å². The molecule has 2 rings (SSSR count). The molecule has 0 heterocycles. The fourth-order valence-electron chi connectivity index (χ4n) is 2.82. The number of esters is 1. The Kier molecular flexibility index (Phi) is 5.33. The molecule has 0 amide bonds. The Hall–Kier alpha value is -1.43. The van der Waals surface area contributed by atoms with E-state index in [2.05, 4.69) is 0 Å². The summed E-state index contributed by atoms with van der Waals surface area (Å²) in [4.78, 5) is 11.8. The van der Waals surface area contributed by atoms with Gasteiger partial charge < -0.3 is 18.9 Å². The molecule has 0 bridgehead atoms. The van der Waals surface area contributed by atoms with Crippen molar-refractivity contribution < 1.29 is 23.7 Å². The maximum atomic E-state index is 11.8. The number of benzene rings is 1. The third-order valence-electron chi connectivity index (χ3n) is 4.16. The van der Waals surface area contributed by atoms with Gasteiger partial charge in [0, 0.05) is 26.6 Å². The number of carbonyl (C=O) groups excluding carboxylic acids is 1. The van der Waals surface area contributed by atoms with Crippen LogP contribution in [0.4, 0.5) is 0 Å². The fraction of sp³-hybridized carbons (Fsp3) is 0.562. The molecule has 1 aliphatic carbocycles. The maximum Gasteiger partial charge on any atom is 0.309 e. The van der Waals surface area contributed by atoms with Gasteiger partial charge in [-0.15, -0.1) is 0 Å². The summed E-state index contributed by atoms with van der Waals surface area (Å²) in [5.74, 6) is -1.41. The monoisotopic (exact) mass is 294 g/mol. The summed E-state index contributed by atoms with van der Waals surface area (Å²) in [6.45, 7) is 0.880. The number of methoxy groups -OCH3 is 3. The van der Waals surface area contributed by atoms with Crippen LogP contribution in [0.3, 0.4) is 0 Å². The van der Waals surface area contributed by atoms with E-state index in [-0.39, 0.29) is 17.8 Å². The zero-order valence-corrected chi connectivity index (χ0v) is 12.7. The van der Waals surface area contributed by atoms with Crippen LogP contribution in [-0.2, 0) is 30.3 Å². The molecule has 1 aromatic carbocycles. The van der Waals surface area contributed by atoms with Gasteiger partial charge in [-0.25, -0.2) is 0 Å². The van der Waals surface area contributed by atoms with E-state index in [0.717, 1.165) is 5.56 Å². The summed E-state index contributed by atoms with van der Waals surface area (Å²) < 4.78 is 21.5. The quantitative estimate of drug-likeness (QED) is 0.569. The first-order valence-corrected chi connectivity index (χ1v) is 6.96. The highest BCUT2D eigenvalue weighted by Crippen LogP contribution is 2.47. The molecule has 5 heteroatoms. The van der Waals surface area contributed by atoms with Crippen LogP contribution in [0.5, 0.6) is 0 Å². The zero-order chi connectivity index (χ0) is 15.3. The van der Waals surface area contributed by atoms with Crippen LogP contribution >= 0.6 is 0 Å². The molecule has 0 aliphatic heterocycles. The Morgan fingerprint density at radius 3 is 2.43 bits per heavy atom. The summed E-state index contributed by atoms with van der Waals surface area (Å²) in [6.07, 6.45) is 0.492. The molecule has 1 aliphatic rings. The maximum absolute atomic E-state index is 11.8. The Labute approximate surface area is 125 Å². The van der Waals surface area contributed by atoms with E-state index in [0.29, 0.717) is 19.6 Å². The molecule has 1 saturated carbocycles. The van der Waals surface area contributed by atoms with Gasteiger partial charge in [0.05, 0.1) is 26.2 Å². The zero-order valence-electron chi connectivity index (χ0n) is 12.7. The van der Waals surface area contributed by atoms with Crippen molar-refractivity contribution in [3.63, 3.8) is 0 Å². The fourth-order valence-corrected chi connectivity index (χ4v) is 2.82. The van der Waals surface area contributed by atoms with Crippen LogP contribution in [0, 0.1) is 11.8 Å². The molecular weight excluding hydrogens is 272 g/mol. The van der Waals surface area contributed by atoms with Gasteiger partial charge in [-0.1, -0.05) is 30.3 Å². The second kappa shape index (κ2) is 7.02. The highest BCUT2D eigenvalue weighted by Gasteiger charge is 2.58. The van der Waals surface area contributed by atoms with Gasteiger partial charge in [-0.3, -0.25) is 4.79 Å². The van der Waals surface area contributed by atoms with Gasteiger partial charge in [-0.05, 0) is 5.56 Å². The molecule has 0 aromatic heterocycles. The van der Waals surface area contributed by atoms with Crippen LogP contribution in [0.25, 0.3) is 0 Å². The molecule has 5 nitrogen and oxygen atoms in total. The largest absolute Gasteiger partial charge is 0.469 e. The van der Waals surface area contributed by atoms with Crippen molar-refractivity contribution in [3.8, 4) is 0 Å². The highest BCUT2D eigenvalue weighted by molar-refractivity contribution is 5.74. The van der Waals surface area contributed by atoms with Crippen molar-refractivity contribution in [1.29, 1.82) is 0 Å². The third-order valence-corrected chi connectivity index (χ3v) is 4.16. The first-order valence-electron chi connectivity index (χ1n) is 6.96. The van der Waals surface area contributed by atoms with Crippen LogP contribution in [0.15, 0.2) is 30.3 Å². The van der Waals surface area contributed by atoms with E-state index >= 15 is 0 Å². The summed E-state index contributed by atoms with van der Waals surface area (Å²) in [7, 11) is 4.56. The lowest BCUT2D eigenvalue weighted by Gasteiger charge is -2.51. The average molecular weight is 294 g/mol. The van der Waals surface area contributed by atoms with E-state index < -0.39 is 5.79 Å². The summed E-state index contributed by atoms with van der Waals surface area (Å²) in [5.41, 5.74) is 1.09. The molecule has 0 saturated heterocycles. The second-order valence-electron chi connectivity index (χ2n) is 5.16. The van der Waals surface area contributed by atoms with E-state index in [1.165, 1.54) is 7.11 Å². The number of hydrogen-bond acceptors (Lipinski definition) is 5. The predicted octanol–water partition coefficient (Wildman–Crippen LogP) is 2.00. The van der Waals surface area contributed by atoms with Gasteiger partial charge in [0.25, 0.3) is 0 Å². The first kappa shape index (κ1) is 15.9. The van der Waals surface area contributed by atoms with Crippen LogP contribution < -0.4 is 0 Å². The first-order chi connectivity index (χ1) is 10.2. The Bertz CT molecular complexity index is 455. The van der Waals surface area contributed by atoms with Crippen molar-refractivity contribution in [2.75, 3.05) is 27.9 Å². The molecule has 1 aromatic rings. The molecule has 0 N–H and O–H groups in total. The lowest BCUT2D eigenvalue weighted by molar-refractivity contribution is -0.316. The van der Waals surface area contributed by atoms with Gasteiger partial charge in [0.1, 0.15) is 0 Å². The number of rotatable bonds is 7. The second-order valence-corrected chi connectivity index (χ2v) is 5.16. The summed E-state index contributed by atoms with van der Waals surface area (Å²) >= 11 is 0. The standard InChI is InChI=1S/C16H22O5/c1-18-15(17)13-9-16(19-2,20-3)14(13)11-21-10-12-7-5-4-6-8-12/h4-8,13-14H,9-11H2,1-3H3/t13-,14+/m0/s1. The van der Waals surface area contributed by atoms with Crippen molar-refractivity contribution in [2.24, 2.45) is 11.8 Å². The molecule has 0 unspecified atom stereocenters. The predicted molar refractivity (Wildman–Crippen MR) is 76.5 cm³/mol. The highest BCUT2D eigenvalue weighted by atomic mass is 16.7. The number of hydrogen-bond donors (Lipinski definition) is 0.